The predicted molar refractivity (Wildman–Crippen MR) is 64.0 cm³/mol. The average molecular weight is 284 g/mol. The molecule has 5 nitrogen and oxygen atoms in total. The Kier molecular flexibility index (Phi) is 6.06. The van der Waals surface area contributed by atoms with Gasteiger partial charge < -0.3 is 14.7 Å². The van der Waals surface area contributed by atoms with Crippen LogP contribution in [0.4, 0.5) is 13.2 Å². The van der Waals surface area contributed by atoms with Crippen LogP contribution in [0.2, 0.25) is 0 Å². The van der Waals surface area contributed by atoms with Gasteiger partial charge in [-0.05, 0) is 0 Å². The van der Waals surface area contributed by atoms with Crippen LogP contribution in [0.3, 0.4) is 0 Å². The molecule has 19 heavy (non-hydrogen) atoms. The van der Waals surface area contributed by atoms with Gasteiger partial charge in [-0.25, -0.2) is 13.2 Å². The van der Waals surface area contributed by atoms with Crippen LogP contribution in [0, 0.1) is 5.41 Å². The molecule has 0 spiro atoms. The highest BCUT2D eigenvalue weighted by atomic mass is 19.3. The zero-order valence-corrected chi connectivity index (χ0v) is 11.1. The first-order valence-electron chi connectivity index (χ1n) is 6.11. The van der Waals surface area contributed by atoms with Crippen molar-refractivity contribution in [2.45, 2.75) is 26.6 Å². The van der Waals surface area contributed by atoms with E-state index in [-0.39, 0.29) is 6.73 Å². The monoisotopic (exact) mass is 284 g/mol. The predicted octanol–water partition coefficient (Wildman–Crippen LogP) is 0.135. The highest BCUT2D eigenvalue weighted by molar-refractivity contribution is 6.32. The van der Waals surface area contributed by atoms with Crippen LogP contribution < -0.4 is 0 Å². The van der Waals surface area contributed by atoms with E-state index < -0.39 is 25.5 Å². The first-order valence-corrected chi connectivity index (χ1v) is 6.11. The van der Waals surface area contributed by atoms with Crippen molar-refractivity contribution in [3.8, 4) is 0 Å². The van der Waals surface area contributed by atoms with Crippen molar-refractivity contribution in [1.82, 2.24) is 9.80 Å². The Morgan fingerprint density at radius 2 is 1.68 bits per heavy atom. The van der Waals surface area contributed by atoms with E-state index in [4.69, 9.17) is 10.0 Å². The lowest BCUT2D eigenvalue weighted by atomic mass is 9.91. The molecule has 1 heterocycles. The Labute approximate surface area is 111 Å². The maximum atomic E-state index is 14.1. The highest BCUT2D eigenvalue weighted by Gasteiger charge is 2.42. The minimum absolute atomic E-state index is 0.0146. The van der Waals surface area contributed by atoms with Crippen molar-refractivity contribution in [1.29, 1.82) is 0 Å². The van der Waals surface area contributed by atoms with Crippen LogP contribution in [0.15, 0.2) is 0 Å². The Morgan fingerprint density at radius 1 is 1.16 bits per heavy atom. The molecule has 9 heteroatoms. The SMILES string of the molecule is CC(C)(C(F)F)C(F)N1CCN(COB(O)O)CC1. The molecule has 112 valence electrons. The Hall–Kier alpha value is -0.345. The number of halogens is 3. The first kappa shape index (κ1) is 16.7. The van der Waals surface area contributed by atoms with E-state index in [9.17, 15) is 13.2 Å². The summed E-state index contributed by atoms with van der Waals surface area (Å²) in [6.45, 7) is 3.86. The van der Waals surface area contributed by atoms with Crippen molar-refractivity contribution < 1.29 is 27.9 Å². The second kappa shape index (κ2) is 6.89. The summed E-state index contributed by atoms with van der Waals surface area (Å²) < 4.78 is 44.2. The summed E-state index contributed by atoms with van der Waals surface area (Å²) in [7, 11) is -1.84. The fourth-order valence-corrected chi connectivity index (χ4v) is 1.87. The Bertz CT molecular complexity index is 277. The standard InChI is InChI=1S/C10H20BF3N2O3/c1-10(2,8(12)13)9(14)16-5-3-15(4-6-16)7-19-11(17)18/h8-9,17-18H,3-7H2,1-2H3. The molecule has 0 aromatic carbocycles. The third-order valence-corrected chi connectivity index (χ3v) is 3.31. The van der Waals surface area contributed by atoms with E-state index in [0.29, 0.717) is 26.2 Å². The summed E-state index contributed by atoms with van der Waals surface area (Å²) in [4.78, 5) is 3.12. The van der Waals surface area contributed by atoms with Gasteiger partial charge in [-0.2, -0.15) is 0 Å². The summed E-state index contributed by atoms with van der Waals surface area (Å²) >= 11 is 0. The van der Waals surface area contributed by atoms with Crippen molar-refractivity contribution in [2.75, 3.05) is 32.9 Å². The van der Waals surface area contributed by atoms with Gasteiger partial charge in [0.05, 0.1) is 12.1 Å². The minimum atomic E-state index is -2.73. The van der Waals surface area contributed by atoms with E-state index in [1.165, 1.54) is 18.7 Å². The molecule has 1 unspecified atom stereocenters. The van der Waals surface area contributed by atoms with E-state index >= 15 is 0 Å². The Morgan fingerprint density at radius 3 is 2.11 bits per heavy atom. The number of nitrogens with zero attached hydrogens (tertiary/aromatic N) is 2. The van der Waals surface area contributed by atoms with Crippen LogP contribution in [-0.2, 0) is 4.65 Å². The molecule has 0 saturated carbocycles. The van der Waals surface area contributed by atoms with Gasteiger partial charge in [0.15, 0.2) is 6.30 Å². The molecule has 0 radical (unpaired) electrons. The molecule has 0 aromatic rings. The van der Waals surface area contributed by atoms with Gasteiger partial charge >= 0.3 is 7.32 Å². The second-order valence-corrected chi connectivity index (χ2v) is 5.23. The lowest BCUT2D eigenvalue weighted by molar-refractivity contribution is -0.111. The normalized spacial score (nSPS) is 20.8. The summed E-state index contributed by atoms with van der Waals surface area (Å²) in [5.41, 5.74) is -1.71. The van der Waals surface area contributed by atoms with Crippen molar-refractivity contribution in [2.24, 2.45) is 5.41 Å². The van der Waals surface area contributed by atoms with Gasteiger partial charge in [0.25, 0.3) is 0 Å². The average Bonchev–Trinajstić information content (AvgIpc) is 2.35. The summed E-state index contributed by atoms with van der Waals surface area (Å²) in [6, 6.07) is 0. The number of piperazine rings is 1. The van der Waals surface area contributed by atoms with Crippen LogP contribution in [0.5, 0.6) is 0 Å². The summed E-state index contributed by atoms with van der Waals surface area (Å²) in [5.74, 6) is 0. The molecule has 1 rings (SSSR count). The molecule has 1 atom stereocenters. The molecule has 1 aliphatic rings. The van der Waals surface area contributed by atoms with E-state index in [1.54, 1.807) is 4.90 Å². The van der Waals surface area contributed by atoms with Crippen LogP contribution >= 0.6 is 0 Å². The number of rotatable bonds is 6. The fourth-order valence-electron chi connectivity index (χ4n) is 1.87. The number of hydrogen-bond acceptors (Lipinski definition) is 5. The smallest absolute Gasteiger partial charge is 0.402 e. The van der Waals surface area contributed by atoms with Gasteiger partial charge in [0, 0.05) is 26.2 Å². The second-order valence-electron chi connectivity index (χ2n) is 5.23. The molecule has 1 saturated heterocycles. The van der Waals surface area contributed by atoms with Crippen molar-refractivity contribution in [3.63, 3.8) is 0 Å². The van der Waals surface area contributed by atoms with Gasteiger partial charge in [-0.3, -0.25) is 9.80 Å². The fraction of sp³-hybridized carbons (Fsp3) is 1.00. The van der Waals surface area contributed by atoms with Gasteiger partial charge in [-0.1, -0.05) is 13.8 Å². The molecule has 0 aliphatic carbocycles. The van der Waals surface area contributed by atoms with Crippen molar-refractivity contribution >= 4 is 7.32 Å². The molecule has 0 bridgehead atoms. The summed E-state index contributed by atoms with van der Waals surface area (Å²) in [5, 5.41) is 17.1. The third-order valence-electron chi connectivity index (χ3n) is 3.31. The molecule has 0 amide bonds. The Balaban J connectivity index is 2.41. The topological polar surface area (TPSA) is 56.2 Å². The lowest BCUT2D eigenvalue weighted by Crippen LogP contribution is -2.54. The van der Waals surface area contributed by atoms with Gasteiger partial charge in [0.2, 0.25) is 6.43 Å². The maximum Gasteiger partial charge on any atom is 0.634 e. The zero-order chi connectivity index (χ0) is 14.6. The van der Waals surface area contributed by atoms with Crippen molar-refractivity contribution in [3.05, 3.63) is 0 Å². The molecule has 0 aromatic heterocycles. The zero-order valence-electron chi connectivity index (χ0n) is 11.1. The maximum absolute atomic E-state index is 14.1. The van der Waals surface area contributed by atoms with Crippen LogP contribution in [-0.4, -0.2) is 72.8 Å². The van der Waals surface area contributed by atoms with Gasteiger partial charge in [0.1, 0.15) is 0 Å². The third kappa shape index (κ3) is 4.60. The number of alkyl halides is 3. The quantitative estimate of drug-likeness (QED) is 0.536. The minimum Gasteiger partial charge on any atom is -0.402 e. The number of hydrogen-bond donors (Lipinski definition) is 2. The van der Waals surface area contributed by atoms with E-state index in [1.807, 2.05) is 0 Å². The lowest BCUT2D eigenvalue weighted by Gasteiger charge is -2.41. The molecular formula is C10H20BF3N2O3. The van der Waals surface area contributed by atoms with E-state index in [2.05, 4.69) is 4.65 Å². The van der Waals surface area contributed by atoms with Gasteiger partial charge in [-0.15, -0.1) is 0 Å². The van der Waals surface area contributed by atoms with E-state index in [0.717, 1.165) is 0 Å². The summed E-state index contributed by atoms with van der Waals surface area (Å²) in [6.07, 6.45) is -4.44. The first-order chi connectivity index (χ1) is 8.75. The molecular weight excluding hydrogens is 264 g/mol. The van der Waals surface area contributed by atoms with Crippen LogP contribution in [0.1, 0.15) is 13.8 Å². The molecule has 1 aliphatic heterocycles. The molecule has 1 fully saturated rings. The van der Waals surface area contributed by atoms with Crippen LogP contribution in [0.25, 0.3) is 0 Å². The molecule has 2 N–H and O–H groups in total. The largest absolute Gasteiger partial charge is 0.634 e. The highest BCUT2D eigenvalue weighted by Crippen LogP contribution is 2.33.